The molecule has 0 saturated heterocycles. The number of rotatable bonds is 5. The third kappa shape index (κ3) is 3.38. The molecule has 1 atom stereocenters. The summed E-state index contributed by atoms with van der Waals surface area (Å²) in [4.78, 5) is 12.7. The second-order valence-corrected chi connectivity index (χ2v) is 8.21. The predicted molar refractivity (Wildman–Crippen MR) is 97.1 cm³/mol. The molecule has 8 heteroatoms. The molecular formula is C18H20N2O5S. The Morgan fingerprint density at radius 2 is 1.96 bits per heavy atom. The zero-order valence-electron chi connectivity index (χ0n) is 14.7. The van der Waals surface area contributed by atoms with Crippen molar-refractivity contribution in [2.75, 3.05) is 26.5 Å². The fourth-order valence-electron chi connectivity index (χ4n) is 2.70. The van der Waals surface area contributed by atoms with E-state index in [1.807, 2.05) is 24.3 Å². The van der Waals surface area contributed by atoms with Crippen LogP contribution in [0.3, 0.4) is 0 Å². The molecule has 26 heavy (non-hydrogen) atoms. The van der Waals surface area contributed by atoms with Gasteiger partial charge in [0.2, 0.25) is 10.0 Å². The smallest absolute Gasteiger partial charge is 0.265 e. The van der Waals surface area contributed by atoms with E-state index in [-0.39, 0.29) is 16.5 Å². The van der Waals surface area contributed by atoms with Crippen molar-refractivity contribution in [3.05, 3.63) is 48.0 Å². The number of nitrogens with zero attached hydrogens (tertiary/aromatic N) is 1. The van der Waals surface area contributed by atoms with Crippen LogP contribution in [0.15, 0.2) is 47.4 Å². The first-order valence-corrected chi connectivity index (χ1v) is 9.43. The quantitative estimate of drug-likeness (QED) is 0.861. The van der Waals surface area contributed by atoms with Crippen molar-refractivity contribution in [1.29, 1.82) is 0 Å². The van der Waals surface area contributed by atoms with Gasteiger partial charge in [0.05, 0.1) is 17.7 Å². The summed E-state index contributed by atoms with van der Waals surface area (Å²) in [6, 6.07) is 11.8. The molecule has 0 aromatic heterocycles. The fraction of sp³-hybridized carbons (Fsp3) is 0.278. The van der Waals surface area contributed by atoms with E-state index < -0.39 is 16.1 Å². The minimum atomic E-state index is -3.63. The number of carbonyl (C=O) groups excluding carboxylic acids is 1. The summed E-state index contributed by atoms with van der Waals surface area (Å²) >= 11 is 0. The highest BCUT2D eigenvalue weighted by molar-refractivity contribution is 7.89. The van der Waals surface area contributed by atoms with Crippen LogP contribution in [0.1, 0.15) is 5.56 Å². The lowest BCUT2D eigenvalue weighted by Crippen LogP contribution is -2.31. The van der Waals surface area contributed by atoms with Gasteiger partial charge in [-0.25, -0.2) is 12.7 Å². The zero-order chi connectivity index (χ0) is 18.9. The molecule has 1 aliphatic rings. The van der Waals surface area contributed by atoms with E-state index in [4.69, 9.17) is 9.47 Å². The topological polar surface area (TPSA) is 84.9 Å². The number of amides is 1. The van der Waals surface area contributed by atoms with Crippen LogP contribution in [0.2, 0.25) is 0 Å². The van der Waals surface area contributed by atoms with Crippen molar-refractivity contribution >= 4 is 21.6 Å². The molecule has 0 aliphatic carbocycles. The maximum atomic E-state index is 12.6. The summed E-state index contributed by atoms with van der Waals surface area (Å²) in [5, 5.41) is 2.72. The Hall–Kier alpha value is -2.58. The first-order chi connectivity index (χ1) is 12.3. The Morgan fingerprint density at radius 3 is 2.62 bits per heavy atom. The summed E-state index contributed by atoms with van der Waals surface area (Å²) in [6.07, 6.45) is -0.216. The summed E-state index contributed by atoms with van der Waals surface area (Å²) in [5.74, 6) is 0.689. The molecular weight excluding hydrogens is 356 g/mol. The number of carbonyl (C=O) groups is 1. The Kier molecular flexibility index (Phi) is 4.88. The van der Waals surface area contributed by atoms with Gasteiger partial charge in [-0.1, -0.05) is 18.2 Å². The molecule has 0 unspecified atom stereocenters. The first kappa shape index (κ1) is 18.2. The van der Waals surface area contributed by atoms with E-state index in [1.54, 1.807) is 0 Å². The van der Waals surface area contributed by atoms with Crippen LogP contribution < -0.4 is 14.8 Å². The van der Waals surface area contributed by atoms with Gasteiger partial charge < -0.3 is 14.8 Å². The Balaban J connectivity index is 1.84. The van der Waals surface area contributed by atoms with Crippen LogP contribution in [0.25, 0.3) is 0 Å². The molecule has 3 rings (SSSR count). The number of benzene rings is 2. The lowest BCUT2D eigenvalue weighted by molar-refractivity contribution is -0.122. The van der Waals surface area contributed by atoms with Gasteiger partial charge in [0.25, 0.3) is 5.91 Å². The Bertz CT molecular complexity index is 915. The third-order valence-corrected chi connectivity index (χ3v) is 5.96. The van der Waals surface area contributed by atoms with Gasteiger partial charge in [-0.2, -0.15) is 0 Å². The number of nitrogens with one attached hydrogen (secondary N) is 1. The fourth-order valence-corrected chi connectivity index (χ4v) is 3.63. The minimum absolute atomic E-state index is 0.0641. The predicted octanol–water partition coefficient (Wildman–Crippen LogP) is 1.89. The van der Waals surface area contributed by atoms with Gasteiger partial charge >= 0.3 is 0 Å². The molecule has 0 radical (unpaired) electrons. The molecule has 1 N–H and O–H groups in total. The largest absolute Gasteiger partial charge is 0.495 e. The highest BCUT2D eigenvalue weighted by Crippen LogP contribution is 2.31. The van der Waals surface area contributed by atoms with Crippen molar-refractivity contribution in [1.82, 2.24) is 4.31 Å². The van der Waals surface area contributed by atoms with Gasteiger partial charge in [-0.15, -0.1) is 0 Å². The molecule has 0 bridgehead atoms. The van der Waals surface area contributed by atoms with Crippen molar-refractivity contribution in [2.24, 2.45) is 0 Å². The van der Waals surface area contributed by atoms with Crippen LogP contribution in [0.4, 0.5) is 5.69 Å². The van der Waals surface area contributed by atoms with Gasteiger partial charge in [-0.3, -0.25) is 4.79 Å². The molecule has 1 aliphatic heterocycles. The van der Waals surface area contributed by atoms with Crippen LogP contribution >= 0.6 is 0 Å². The molecule has 2 aromatic carbocycles. The van der Waals surface area contributed by atoms with E-state index in [9.17, 15) is 13.2 Å². The van der Waals surface area contributed by atoms with Crippen LogP contribution in [0, 0.1) is 0 Å². The molecule has 0 fully saturated rings. The van der Waals surface area contributed by atoms with Crippen LogP contribution in [-0.4, -0.2) is 45.9 Å². The second kappa shape index (κ2) is 6.97. The molecule has 0 saturated carbocycles. The van der Waals surface area contributed by atoms with Crippen molar-refractivity contribution in [3.8, 4) is 11.5 Å². The monoisotopic (exact) mass is 376 g/mol. The lowest BCUT2D eigenvalue weighted by Gasteiger charge is -2.16. The average Bonchev–Trinajstić information content (AvgIpc) is 3.05. The number of hydrogen-bond donors (Lipinski definition) is 1. The van der Waals surface area contributed by atoms with Crippen molar-refractivity contribution in [2.45, 2.75) is 17.4 Å². The summed E-state index contributed by atoms with van der Waals surface area (Å²) < 4.78 is 36.7. The Morgan fingerprint density at radius 1 is 1.23 bits per heavy atom. The number of sulfonamides is 1. The lowest BCUT2D eigenvalue weighted by atomic mass is 10.1. The Labute approximate surface area is 152 Å². The minimum Gasteiger partial charge on any atom is -0.495 e. The standard InChI is InChI=1S/C18H20N2O5S/c1-20(2)26(22,23)13-8-9-16(24-3)14(11-13)19-18(21)17-10-12-6-4-5-7-15(12)25-17/h4-9,11,17H,10H2,1-3H3,(H,19,21)/t17-/m1/s1. The van der Waals surface area contributed by atoms with Crippen LogP contribution in [-0.2, 0) is 21.2 Å². The number of para-hydroxylation sites is 1. The number of anilines is 1. The SMILES string of the molecule is COc1ccc(S(=O)(=O)N(C)C)cc1NC(=O)[C@H]1Cc2ccccc2O1. The molecule has 2 aromatic rings. The molecule has 7 nitrogen and oxygen atoms in total. The normalized spacial score (nSPS) is 16.1. The number of methoxy groups -OCH3 is 1. The maximum absolute atomic E-state index is 12.6. The van der Waals surface area contributed by atoms with E-state index in [0.29, 0.717) is 17.9 Å². The van der Waals surface area contributed by atoms with E-state index in [2.05, 4.69) is 5.32 Å². The molecule has 0 spiro atoms. The van der Waals surface area contributed by atoms with E-state index in [0.717, 1.165) is 9.87 Å². The second-order valence-electron chi connectivity index (χ2n) is 6.06. The van der Waals surface area contributed by atoms with Gasteiger partial charge in [-0.05, 0) is 29.8 Å². The van der Waals surface area contributed by atoms with Gasteiger partial charge in [0.15, 0.2) is 6.10 Å². The number of hydrogen-bond acceptors (Lipinski definition) is 5. The van der Waals surface area contributed by atoms with Crippen LogP contribution in [0.5, 0.6) is 11.5 Å². The average molecular weight is 376 g/mol. The summed E-state index contributed by atoms with van der Waals surface area (Å²) in [5.41, 5.74) is 1.24. The molecule has 138 valence electrons. The maximum Gasteiger partial charge on any atom is 0.265 e. The van der Waals surface area contributed by atoms with Gasteiger partial charge in [0, 0.05) is 20.5 Å². The molecule has 1 amide bonds. The van der Waals surface area contributed by atoms with Crippen molar-refractivity contribution in [3.63, 3.8) is 0 Å². The highest BCUT2D eigenvalue weighted by Gasteiger charge is 2.29. The first-order valence-electron chi connectivity index (χ1n) is 7.99. The third-order valence-electron chi connectivity index (χ3n) is 4.15. The molecule has 1 heterocycles. The summed E-state index contributed by atoms with van der Waals surface area (Å²) in [7, 11) is 0.715. The van der Waals surface area contributed by atoms with Gasteiger partial charge in [0.1, 0.15) is 11.5 Å². The zero-order valence-corrected chi connectivity index (χ0v) is 15.5. The van der Waals surface area contributed by atoms with E-state index >= 15 is 0 Å². The van der Waals surface area contributed by atoms with E-state index in [1.165, 1.54) is 39.4 Å². The van der Waals surface area contributed by atoms with Crippen molar-refractivity contribution < 1.29 is 22.7 Å². The number of fused-ring (bicyclic) bond motifs is 1. The highest BCUT2D eigenvalue weighted by atomic mass is 32.2. The number of ether oxygens (including phenoxy) is 2. The summed E-state index contributed by atoms with van der Waals surface area (Å²) in [6.45, 7) is 0.